The van der Waals surface area contributed by atoms with Crippen molar-refractivity contribution in [2.75, 3.05) is 6.54 Å². The Morgan fingerprint density at radius 3 is 2.80 bits per heavy atom. The highest BCUT2D eigenvalue weighted by atomic mass is 32.1. The minimum absolute atomic E-state index is 0.308. The lowest BCUT2D eigenvalue weighted by Crippen LogP contribution is -2.35. The Hall–Kier alpha value is -1.65. The van der Waals surface area contributed by atoms with Crippen LogP contribution >= 0.6 is 11.3 Å². The van der Waals surface area contributed by atoms with Crippen LogP contribution in [0.25, 0.3) is 10.4 Å². The third kappa shape index (κ3) is 2.76. The van der Waals surface area contributed by atoms with Crippen LogP contribution in [0, 0.1) is 0 Å². The molecule has 0 bridgehead atoms. The SMILES string of the molecule is O=C(O)[C@H]1CCCN1Cc1ccc(-c2ccccc2)s1. The molecule has 2 heterocycles. The predicted octanol–water partition coefficient (Wildman–Crippen LogP) is 3.46. The second-order valence-corrected chi connectivity index (χ2v) is 6.27. The van der Waals surface area contributed by atoms with Crippen molar-refractivity contribution in [1.82, 2.24) is 4.90 Å². The van der Waals surface area contributed by atoms with Gasteiger partial charge in [0.05, 0.1) is 0 Å². The van der Waals surface area contributed by atoms with E-state index in [1.165, 1.54) is 15.3 Å². The fraction of sp³-hybridized carbons (Fsp3) is 0.312. The topological polar surface area (TPSA) is 40.5 Å². The number of hydrogen-bond donors (Lipinski definition) is 1. The van der Waals surface area contributed by atoms with E-state index in [-0.39, 0.29) is 6.04 Å². The molecule has 2 aromatic rings. The summed E-state index contributed by atoms with van der Waals surface area (Å²) in [7, 11) is 0. The minimum Gasteiger partial charge on any atom is -0.480 e. The summed E-state index contributed by atoms with van der Waals surface area (Å²) in [5.41, 5.74) is 1.22. The maximum atomic E-state index is 11.2. The highest BCUT2D eigenvalue weighted by molar-refractivity contribution is 7.15. The van der Waals surface area contributed by atoms with Gasteiger partial charge in [-0.25, -0.2) is 0 Å². The zero-order valence-corrected chi connectivity index (χ0v) is 12.0. The largest absolute Gasteiger partial charge is 0.480 e. The summed E-state index contributed by atoms with van der Waals surface area (Å²) in [6.07, 6.45) is 1.75. The summed E-state index contributed by atoms with van der Waals surface area (Å²) in [5.74, 6) is -0.692. The quantitative estimate of drug-likeness (QED) is 0.936. The van der Waals surface area contributed by atoms with Crippen molar-refractivity contribution in [2.24, 2.45) is 0 Å². The van der Waals surface area contributed by atoms with E-state index < -0.39 is 5.97 Å². The molecule has 0 amide bonds. The second kappa shape index (κ2) is 5.77. The first-order valence-corrected chi connectivity index (χ1v) is 7.66. The maximum Gasteiger partial charge on any atom is 0.320 e. The van der Waals surface area contributed by atoms with Crippen molar-refractivity contribution in [3.8, 4) is 10.4 Å². The van der Waals surface area contributed by atoms with Crippen molar-refractivity contribution in [2.45, 2.75) is 25.4 Å². The highest BCUT2D eigenvalue weighted by Crippen LogP contribution is 2.30. The Morgan fingerprint density at radius 2 is 2.05 bits per heavy atom. The van der Waals surface area contributed by atoms with Crippen LogP contribution < -0.4 is 0 Å². The zero-order chi connectivity index (χ0) is 13.9. The van der Waals surface area contributed by atoms with Crippen LogP contribution in [0.15, 0.2) is 42.5 Å². The summed E-state index contributed by atoms with van der Waals surface area (Å²) < 4.78 is 0. The molecule has 104 valence electrons. The normalized spacial score (nSPS) is 19.3. The molecule has 20 heavy (non-hydrogen) atoms. The second-order valence-electron chi connectivity index (χ2n) is 5.10. The summed E-state index contributed by atoms with van der Waals surface area (Å²) in [6, 6.07) is 14.2. The van der Waals surface area contributed by atoms with Crippen LogP contribution in [0.1, 0.15) is 17.7 Å². The molecule has 0 radical (unpaired) electrons. The lowest BCUT2D eigenvalue weighted by atomic mass is 10.2. The van der Waals surface area contributed by atoms with Gasteiger partial charge >= 0.3 is 5.97 Å². The van der Waals surface area contributed by atoms with E-state index in [1.807, 2.05) is 18.2 Å². The molecular weight excluding hydrogens is 270 g/mol. The lowest BCUT2D eigenvalue weighted by Gasteiger charge is -2.19. The van der Waals surface area contributed by atoms with Crippen molar-refractivity contribution in [1.29, 1.82) is 0 Å². The monoisotopic (exact) mass is 287 g/mol. The molecule has 1 aliphatic rings. The zero-order valence-electron chi connectivity index (χ0n) is 11.2. The Labute approximate surface area is 122 Å². The van der Waals surface area contributed by atoms with E-state index in [4.69, 9.17) is 0 Å². The first-order chi connectivity index (χ1) is 9.74. The smallest absolute Gasteiger partial charge is 0.320 e. The van der Waals surface area contributed by atoms with Gasteiger partial charge < -0.3 is 5.11 Å². The Bertz CT molecular complexity index is 594. The number of carboxylic acid groups (broad SMARTS) is 1. The van der Waals surface area contributed by atoms with Crippen LogP contribution in [0.5, 0.6) is 0 Å². The van der Waals surface area contributed by atoms with Crippen LogP contribution in [0.2, 0.25) is 0 Å². The average molecular weight is 287 g/mol. The summed E-state index contributed by atoms with van der Waals surface area (Å²) in [5, 5.41) is 9.21. The molecule has 3 rings (SSSR count). The number of likely N-dealkylation sites (tertiary alicyclic amines) is 1. The molecule has 1 aliphatic heterocycles. The van der Waals surface area contributed by atoms with E-state index in [9.17, 15) is 9.90 Å². The number of aliphatic carboxylic acids is 1. The summed E-state index contributed by atoms with van der Waals surface area (Å²) >= 11 is 1.75. The van der Waals surface area contributed by atoms with E-state index in [1.54, 1.807) is 11.3 Å². The first kappa shape index (κ1) is 13.3. The number of rotatable bonds is 4. The van der Waals surface area contributed by atoms with Crippen LogP contribution in [-0.2, 0) is 11.3 Å². The number of carbonyl (C=O) groups is 1. The molecule has 0 unspecified atom stereocenters. The van der Waals surface area contributed by atoms with Gasteiger partial charge in [0.25, 0.3) is 0 Å². The fourth-order valence-electron chi connectivity index (χ4n) is 2.72. The van der Waals surface area contributed by atoms with Gasteiger partial charge in [-0.1, -0.05) is 30.3 Å². The van der Waals surface area contributed by atoms with Crippen molar-refractivity contribution in [3.63, 3.8) is 0 Å². The van der Waals surface area contributed by atoms with Gasteiger partial charge in [0, 0.05) is 16.3 Å². The van der Waals surface area contributed by atoms with Crippen LogP contribution in [0.4, 0.5) is 0 Å². The van der Waals surface area contributed by atoms with Crippen molar-refractivity contribution in [3.05, 3.63) is 47.3 Å². The fourth-order valence-corrected chi connectivity index (χ4v) is 3.75. The maximum absolute atomic E-state index is 11.2. The summed E-state index contributed by atoms with van der Waals surface area (Å²) in [6.45, 7) is 1.63. The Balaban J connectivity index is 1.73. The van der Waals surface area contributed by atoms with E-state index >= 15 is 0 Å². The first-order valence-electron chi connectivity index (χ1n) is 6.85. The molecule has 1 aromatic carbocycles. The molecule has 1 saturated heterocycles. The highest BCUT2D eigenvalue weighted by Gasteiger charge is 2.30. The summed E-state index contributed by atoms with van der Waals surface area (Å²) in [4.78, 5) is 15.7. The number of nitrogens with zero attached hydrogens (tertiary/aromatic N) is 1. The molecule has 1 fully saturated rings. The minimum atomic E-state index is -0.692. The van der Waals surface area contributed by atoms with Gasteiger partial charge in [-0.05, 0) is 37.1 Å². The van der Waals surface area contributed by atoms with Crippen molar-refractivity contribution >= 4 is 17.3 Å². The van der Waals surface area contributed by atoms with E-state index in [2.05, 4.69) is 29.2 Å². The molecule has 0 spiro atoms. The standard InChI is InChI=1S/C16H17NO2S/c18-16(19)14-7-4-10-17(14)11-13-8-9-15(20-13)12-5-2-1-3-6-12/h1-3,5-6,8-9,14H,4,7,10-11H2,(H,18,19)/t14-/m1/s1. The van der Waals surface area contributed by atoms with Gasteiger partial charge in [-0.2, -0.15) is 0 Å². The van der Waals surface area contributed by atoms with Gasteiger partial charge in [-0.3, -0.25) is 9.69 Å². The molecule has 1 atom stereocenters. The van der Waals surface area contributed by atoms with Gasteiger partial charge in [0.1, 0.15) is 6.04 Å². The Kier molecular flexibility index (Phi) is 3.85. The predicted molar refractivity (Wildman–Crippen MR) is 80.8 cm³/mol. The Morgan fingerprint density at radius 1 is 1.25 bits per heavy atom. The molecule has 3 nitrogen and oxygen atoms in total. The lowest BCUT2D eigenvalue weighted by molar-refractivity contribution is -0.142. The molecule has 0 aliphatic carbocycles. The van der Waals surface area contributed by atoms with Crippen molar-refractivity contribution < 1.29 is 9.90 Å². The van der Waals surface area contributed by atoms with Crippen LogP contribution in [0.3, 0.4) is 0 Å². The molecule has 0 saturated carbocycles. The van der Waals surface area contributed by atoms with Gasteiger partial charge in [0.2, 0.25) is 0 Å². The van der Waals surface area contributed by atoms with E-state index in [0.29, 0.717) is 0 Å². The number of thiophene rings is 1. The van der Waals surface area contributed by atoms with Gasteiger partial charge in [0.15, 0.2) is 0 Å². The number of carboxylic acids is 1. The van der Waals surface area contributed by atoms with Crippen LogP contribution in [-0.4, -0.2) is 28.6 Å². The number of hydrogen-bond acceptors (Lipinski definition) is 3. The molecule has 1 aromatic heterocycles. The number of benzene rings is 1. The van der Waals surface area contributed by atoms with Gasteiger partial charge in [-0.15, -0.1) is 11.3 Å². The van der Waals surface area contributed by atoms with E-state index in [0.717, 1.165) is 25.9 Å². The molecule has 4 heteroatoms. The average Bonchev–Trinajstić information content (AvgIpc) is 3.09. The third-order valence-corrected chi connectivity index (χ3v) is 4.85. The molecule has 1 N–H and O–H groups in total. The molecular formula is C16H17NO2S. The third-order valence-electron chi connectivity index (χ3n) is 3.73.